The van der Waals surface area contributed by atoms with Crippen LogP contribution in [0.3, 0.4) is 0 Å². The van der Waals surface area contributed by atoms with Crippen LogP contribution in [0.2, 0.25) is 0 Å². The van der Waals surface area contributed by atoms with Crippen molar-refractivity contribution in [1.82, 2.24) is 10.2 Å². The summed E-state index contributed by atoms with van der Waals surface area (Å²) in [5.74, 6) is -0.366. The molecule has 1 aliphatic heterocycles. The second-order valence-electron chi connectivity index (χ2n) is 4.53. The van der Waals surface area contributed by atoms with Crippen LogP contribution in [0.4, 0.5) is 0 Å². The zero-order valence-electron chi connectivity index (χ0n) is 11.4. The highest BCUT2D eigenvalue weighted by molar-refractivity contribution is 5.85. The lowest BCUT2D eigenvalue weighted by Crippen LogP contribution is -2.43. The number of rotatable bonds is 7. The van der Waals surface area contributed by atoms with Crippen LogP contribution in [0.25, 0.3) is 0 Å². The minimum Gasteiger partial charge on any atom is -0.466 e. The third-order valence-electron chi connectivity index (χ3n) is 2.94. The van der Waals surface area contributed by atoms with Crippen molar-refractivity contribution in [1.29, 1.82) is 0 Å². The molecule has 0 aromatic heterocycles. The van der Waals surface area contributed by atoms with Gasteiger partial charge in [-0.15, -0.1) is 0 Å². The number of hydrogen-bond donors (Lipinski definition) is 1. The van der Waals surface area contributed by atoms with Gasteiger partial charge in [-0.25, -0.2) is 0 Å². The minimum absolute atomic E-state index is 0.0490. The number of nitrogens with one attached hydrogen (secondary N) is 1. The van der Waals surface area contributed by atoms with Crippen molar-refractivity contribution in [2.75, 3.05) is 26.2 Å². The lowest BCUT2D eigenvalue weighted by atomic mass is 10.1. The Labute approximate surface area is 113 Å². The Morgan fingerprint density at radius 2 is 2.16 bits per heavy atom. The summed E-state index contributed by atoms with van der Waals surface area (Å²) in [6.07, 6.45) is 3.27. The molecular weight excluding hydrogens is 248 g/mol. The van der Waals surface area contributed by atoms with Crippen molar-refractivity contribution < 1.29 is 19.1 Å². The summed E-state index contributed by atoms with van der Waals surface area (Å²) >= 11 is 0. The van der Waals surface area contributed by atoms with Gasteiger partial charge >= 0.3 is 5.97 Å². The van der Waals surface area contributed by atoms with E-state index in [4.69, 9.17) is 4.74 Å². The van der Waals surface area contributed by atoms with Crippen LogP contribution in [-0.2, 0) is 19.1 Å². The van der Waals surface area contributed by atoms with Gasteiger partial charge in [0, 0.05) is 25.9 Å². The predicted octanol–water partition coefficient (Wildman–Crippen LogP) is 0.458. The molecule has 1 aliphatic rings. The smallest absolute Gasteiger partial charge is 0.305 e. The Morgan fingerprint density at radius 1 is 1.37 bits per heavy atom. The van der Waals surface area contributed by atoms with Gasteiger partial charge in [0.15, 0.2) is 0 Å². The molecule has 0 aromatic rings. The van der Waals surface area contributed by atoms with Gasteiger partial charge in [0.25, 0.3) is 0 Å². The van der Waals surface area contributed by atoms with Crippen LogP contribution in [0, 0.1) is 0 Å². The van der Waals surface area contributed by atoms with Crippen molar-refractivity contribution in [2.45, 2.75) is 39.0 Å². The van der Waals surface area contributed by atoms with Gasteiger partial charge in [-0.3, -0.25) is 14.4 Å². The van der Waals surface area contributed by atoms with Crippen LogP contribution in [0.5, 0.6) is 0 Å². The highest BCUT2D eigenvalue weighted by Gasteiger charge is 2.19. The number of carbonyl (C=O) groups excluding carboxylic acids is 3. The lowest BCUT2D eigenvalue weighted by molar-refractivity contribution is -0.143. The summed E-state index contributed by atoms with van der Waals surface area (Å²) in [7, 11) is 0. The SMILES string of the molecule is CCOC(=O)CCCNC(=O)CN1CCCCC1=O. The second kappa shape index (κ2) is 8.50. The molecule has 0 saturated carbocycles. The number of nitrogens with zero attached hydrogens (tertiary/aromatic N) is 1. The van der Waals surface area contributed by atoms with Crippen LogP contribution >= 0.6 is 0 Å². The third kappa shape index (κ3) is 6.22. The highest BCUT2D eigenvalue weighted by atomic mass is 16.5. The van der Waals surface area contributed by atoms with E-state index in [1.54, 1.807) is 11.8 Å². The number of piperidine rings is 1. The van der Waals surface area contributed by atoms with E-state index in [-0.39, 0.29) is 24.3 Å². The first kappa shape index (κ1) is 15.5. The lowest BCUT2D eigenvalue weighted by Gasteiger charge is -2.25. The maximum Gasteiger partial charge on any atom is 0.305 e. The van der Waals surface area contributed by atoms with E-state index >= 15 is 0 Å². The monoisotopic (exact) mass is 270 g/mol. The van der Waals surface area contributed by atoms with Gasteiger partial charge in [-0.1, -0.05) is 0 Å². The molecule has 0 radical (unpaired) electrons. The van der Waals surface area contributed by atoms with E-state index in [0.29, 0.717) is 39.0 Å². The Balaban J connectivity index is 2.10. The number of ether oxygens (including phenoxy) is 1. The molecule has 1 rings (SSSR count). The van der Waals surface area contributed by atoms with Crippen LogP contribution < -0.4 is 5.32 Å². The van der Waals surface area contributed by atoms with Gasteiger partial charge in [-0.05, 0) is 26.2 Å². The molecular formula is C13H22N2O4. The Hall–Kier alpha value is -1.59. The Bertz CT molecular complexity index is 331. The maximum absolute atomic E-state index is 11.6. The topological polar surface area (TPSA) is 75.7 Å². The largest absolute Gasteiger partial charge is 0.466 e. The Morgan fingerprint density at radius 3 is 2.84 bits per heavy atom. The molecule has 6 heteroatoms. The summed E-state index contributed by atoms with van der Waals surface area (Å²) < 4.78 is 4.78. The highest BCUT2D eigenvalue weighted by Crippen LogP contribution is 2.09. The second-order valence-corrected chi connectivity index (χ2v) is 4.53. The fraction of sp³-hybridized carbons (Fsp3) is 0.769. The van der Waals surface area contributed by atoms with Gasteiger partial charge in [0.2, 0.25) is 11.8 Å². The van der Waals surface area contributed by atoms with Gasteiger partial charge < -0.3 is 15.0 Å². The van der Waals surface area contributed by atoms with Crippen LogP contribution in [-0.4, -0.2) is 48.9 Å². The average Bonchev–Trinajstić information content (AvgIpc) is 2.38. The molecule has 2 amide bonds. The van der Waals surface area contributed by atoms with Crippen molar-refractivity contribution >= 4 is 17.8 Å². The molecule has 108 valence electrons. The fourth-order valence-corrected chi connectivity index (χ4v) is 1.95. The zero-order chi connectivity index (χ0) is 14.1. The maximum atomic E-state index is 11.6. The molecule has 6 nitrogen and oxygen atoms in total. The number of carbonyl (C=O) groups is 3. The average molecular weight is 270 g/mol. The molecule has 0 aromatic carbocycles. The minimum atomic E-state index is -0.247. The first-order chi connectivity index (χ1) is 9.13. The number of likely N-dealkylation sites (tertiary alicyclic amines) is 1. The zero-order valence-corrected chi connectivity index (χ0v) is 11.4. The fourth-order valence-electron chi connectivity index (χ4n) is 1.95. The molecule has 0 aliphatic carbocycles. The molecule has 0 spiro atoms. The standard InChI is InChI=1S/C13H22N2O4/c1-2-19-13(18)7-5-8-14-11(16)10-15-9-4-3-6-12(15)17/h2-10H2,1H3,(H,14,16). The van der Waals surface area contributed by atoms with E-state index in [0.717, 1.165) is 12.8 Å². The molecule has 0 unspecified atom stereocenters. The third-order valence-corrected chi connectivity index (χ3v) is 2.94. The molecule has 0 bridgehead atoms. The van der Waals surface area contributed by atoms with Gasteiger partial charge in [-0.2, -0.15) is 0 Å². The van der Waals surface area contributed by atoms with Crippen molar-refractivity contribution in [3.05, 3.63) is 0 Å². The summed E-state index contributed by atoms with van der Waals surface area (Å²) in [6, 6.07) is 0. The van der Waals surface area contributed by atoms with E-state index in [9.17, 15) is 14.4 Å². The Kier molecular flexibility index (Phi) is 6.92. The summed E-state index contributed by atoms with van der Waals surface area (Å²) in [6.45, 7) is 3.35. The molecule has 1 fully saturated rings. The summed E-state index contributed by atoms with van der Waals surface area (Å²) in [5, 5.41) is 2.71. The molecule has 1 N–H and O–H groups in total. The van der Waals surface area contributed by atoms with E-state index in [1.165, 1.54) is 0 Å². The quantitative estimate of drug-likeness (QED) is 0.538. The number of esters is 1. The normalized spacial score (nSPS) is 15.2. The molecule has 1 saturated heterocycles. The van der Waals surface area contributed by atoms with Crippen molar-refractivity contribution in [3.8, 4) is 0 Å². The summed E-state index contributed by atoms with van der Waals surface area (Å²) in [5.41, 5.74) is 0. The van der Waals surface area contributed by atoms with Crippen molar-refractivity contribution in [2.24, 2.45) is 0 Å². The first-order valence-electron chi connectivity index (χ1n) is 6.83. The van der Waals surface area contributed by atoms with E-state index in [2.05, 4.69) is 5.32 Å². The van der Waals surface area contributed by atoms with Gasteiger partial charge in [0.05, 0.1) is 13.2 Å². The molecule has 0 atom stereocenters. The summed E-state index contributed by atoms with van der Waals surface area (Å²) in [4.78, 5) is 35.8. The van der Waals surface area contributed by atoms with Crippen LogP contribution in [0.1, 0.15) is 39.0 Å². The van der Waals surface area contributed by atoms with Gasteiger partial charge in [0.1, 0.15) is 0 Å². The van der Waals surface area contributed by atoms with Crippen LogP contribution in [0.15, 0.2) is 0 Å². The van der Waals surface area contributed by atoms with Crippen molar-refractivity contribution in [3.63, 3.8) is 0 Å². The van der Waals surface area contributed by atoms with E-state index in [1.807, 2.05) is 0 Å². The number of hydrogen-bond acceptors (Lipinski definition) is 4. The van der Waals surface area contributed by atoms with E-state index < -0.39 is 0 Å². The molecule has 1 heterocycles. The first-order valence-corrected chi connectivity index (χ1v) is 6.83. The molecule has 19 heavy (non-hydrogen) atoms. The predicted molar refractivity (Wildman–Crippen MR) is 69.3 cm³/mol. The number of amides is 2.